The minimum Gasteiger partial charge on any atom is -0.492 e. The molecular weight excluding hydrogens is 354 g/mol. The Morgan fingerprint density at radius 1 is 1.15 bits per heavy atom. The summed E-state index contributed by atoms with van der Waals surface area (Å²) in [4.78, 5) is 16.3. The second-order valence-electron chi connectivity index (χ2n) is 5.35. The fourth-order valence-electron chi connectivity index (χ4n) is 2.46. The molecule has 0 saturated heterocycles. The summed E-state index contributed by atoms with van der Waals surface area (Å²) in [5, 5.41) is 2.68. The number of carbonyl (C=O) groups is 1. The first kappa shape index (κ1) is 19.9. The summed E-state index contributed by atoms with van der Waals surface area (Å²) >= 11 is 0. The lowest BCUT2D eigenvalue weighted by atomic mass is 10.2. The highest BCUT2D eigenvalue weighted by atomic mass is 32.2. The number of aromatic nitrogens is 1. The number of benzene rings is 1. The normalized spacial score (nSPS) is 11.4. The smallest absolute Gasteiger partial charge is 0.274 e. The molecule has 0 aliphatic carbocycles. The van der Waals surface area contributed by atoms with Crippen molar-refractivity contribution in [2.75, 3.05) is 25.0 Å². The zero-order valence-corrected chi connectivity index (χ0v) is 15.9. The number of pyridine rings is 1. The Balaban J connectivity index is 2.41. The van der Waals surface area contributed by atoms with E-state index in [2.05, 4.69) is 10.3 Å². The lowest BCUT2D eigenvalue weighted by Gasteiger charge is -2.21. The molecule has 1 heterocycles. The Bertz CT molecular complexity index is 850. The van der Waals surface area contributed by atoms with Crippen molar-refractivity contribution < 1.29 is 17.9 Å². The van der Waals surface area contributed by atoms with Crippen LogP contribution in [0.25, 0.3) is 0 Å². The van der Waals surface area contributed by atoms with Crippen LogP contribution in [0.1, 0.15) is 31.3 Å². The largest absolute Gasteiger partial charge is 0.492 e. The summed E-state index contributed by atoms with van der Waals surface area (Å²) in [6, 6.07) is 9.57. The van der Waals surface area contributed by atoms with Crippen molar-refractivity contribution >= 4 is 21.6 Å². The van der Waals surface area contributed by atoms with Gasteiger partial charge in [0.05, 0.1) is 6.61 Å². The standard InChI is InChI=1S/C18H23N3O4S/c1-4-21(5-2)26(23,24)17-13-14(10-11-16(17)25-6-3)20-18(22)15-9-7-8-12-19-15/h7-13H,4-6H2,1-3H3,(H,20,22). The van der Waals surface area contributed by atoms with E-state index in [0.717, 1.165) is 0 Å². The van der Waals surface area contributed by atoms with Gasteiger partial charge >= 0.3 is 0 Å². The second kappa shape index (κ2) is 8.77. The van der Waals surface area contributed by atoms with Crippen molar-refractivity contribution in [1.82, 2.24) is 9.29 Å². The maximum Gasteiger partial charge on any atom is 0.274 e. The predicted octanol–water partition coefficient (Wildman–Crippen LogP) is 2.76. The van der Waals surface area contributed by atoms with Gasteiger partial charge in [0.15, 0.2) is 0 Å². The highest BCUT2D eigenvalue weighted by Crippen LogP contribution is 2.30. The van der Waals surface area contributed by atoms with Gasteiger partial charge in [-0.25, -0.2) is 8.42 Å². The summed E-state index contributed by atoms with van der Waals surface area (Å²) in [6.45, 7) is 6.34. The Labute approximate surface area is 154 Å². The number of carbonyl (C=O) groups excluding carboxylic acids is 1. The highest BCUT2D eigenvalue weighted by Gasteiger charge is 2.26. The average molecular weight is 377 g/mol. The molecule has 7 nitrogen and oxygen atoms in total. The fraction of sp³-hybridized carbons (Fsp3) is 0.333. The van der Waals surface area contributed by atoms with Gasteiger partial charge in [-0.1, -0.05) is 19.9 Å². The zero-order chi connectivity index (χ0) is 19.2. The number of anilines is 1. The molecule has 0 aliphatic rings. The molecule has 1 N–H and O–H groups in total. The van der Waals surface area contributed by atoms with Crippen LogP contribution in [0.15, 0.2) is 47.5 Å². The van der Waals surface area contributed by atoms with Crippen molar-refractivity contribution in [2.45, 2.75) is 25.7 Å². The van der Waals surface area contributed by atoms with Crippen LogP contribution in [0.4, 0.5) is 5.69 Å². The minimum atomic E-state index is -3.74. The van der Waals surface area contributed by atoms with Gasteiger partial charge in [-0.2, -0.15) is 4.31 Å². The van der Waals surface area contributed by atoms with Crippen molar-refractivity contribution in [3.63, 3.8) is 0 Å². The van der Waals surface area contributed by atoms with Gasteiger partial charge in [0.25, 0.3) is 5.91 Å². The summed E-state index contributed by atoms with van der Waals surface area (Å²) in [7, 11) is -3.74. The van der Waals surface area contributed by atoms with Gasteiger partial charge < -0.3 is 10.1 Å². The molecule has 0 radical (unpaired) electrons. The fourth-order valence-corrected chi connectivity index (χ4v) is 4.07. The van der Waals surface area contributed by atoms with Crippen LogP contribution in [-0.2, 0) is 10.0 Å². The molecule has 2 aromatic rings. The number of nitrogens with zero attached hydrogens (tertiary/aromatic N) is 2. The number of amides is 1. The molecular formula is C18H23N3O4S. The molecule has 2 rings (SSSR count). The van der Waals surface area contributed by atoms with E-state index in [9.17, 15) is 13.2 Å². The lowest BCUT2D eigenvalue weighted by molar-refractivity contribution is 0.102. The molecule has 1 aromatic carbocycles. The third-order valence-electron chi connectivity index (χ3n) is 3.72. The average Bonchev–Trinajstić information content (AvgIpc) is 2.64. The van der Waals surface area contributed by atoms with Gasteiger partial charge in [-0.15, -0.1) is 0 Å². The van der Waals surface area contributed by atoms with E-state index in [1.807, 2.05) is 0 Å². The summed E-state index contributed by atoms with van der Waals surface area (Å²) in [5.74, 6) is -0.156. The first-order valence-electron chi connectivity index (χ1n) is 8.43. The number of hydrogen-bond donors (Lipinski definition) is 1. The summed E-state index contributed by atoms with van der Waals surface area (Å²) < 4.78 is 32.7. The topological polar surface area (TPSA) is 88.6 Å². The van der Waals surface area contributed by atoms with E-state index in [1.54, 1.807) is 51.1 Å². The van der Waals surface area contributed by atoms with Crippen LogP contribution in [0, 0.1) is 0 Å². The first-order valence-corrected chi connectivity index (χ1v) is 9.87. The summed E-state index contributed by atoms with van der Waals surface area (Å²) in [5.41, 5.74) is 0.601. The van der Waals surface area contributed by atoms with Gasteiger partial charge in [0.2, 0.25) is 10.0 Å². The van der Waals surface area contributed by atoms with E-state index in [-0.39, 0.29) is 16.3 Å². The number of rotatable bonds is 8. The van der Waals surface area contributed by atoms with Gasteiger partial charge in [-0.05, 0) is 37.3 Å². The van der Waals surface area contributed by atoms with Crippen molar-refractivity contribution in [3.8, 4) is 5.75 Å². The molecule has 0 unspecified atom stereocenters. The second-order valence-corrected chi connectivity index (χ2v) is 7.26. The van der Waals surface area contributed by atoms with Gasteiger partial charge in [0, 0.05) is 25.0 Å². The molecule has 1 aromatic heterocycles. The van der Waals surface area contributed by atoms with Crippen LogP contribution in [0.5, 0.6) is 5.75 Å². The predicted molar refractivity (Wildman–Crippen MR) is 99.9 cm³/mol. The first-order chi connectivity index (χ1) is 12.4. The van der Waals surface area contributed by atoms with E-state index in [4.69, 9.17) is 4.74 Å². The van der Waals surface area contributed by atoms with Crippen LogP contribution in [-0.4, -0.2) is 43.3 Å². The quantitative estimate of drug-likeness (QED) is 0.764. The van der Waals surface area contributed by atoms with Gasteiger partial charge in [-0.3, -0.25) is 9.78 Å². The van der Waals surface area contributed by atoms with Crippen molar-refractivity contribution in [1.29, 1.82) is 0 Å². The zero-order valence-electron chi connectivity index (χ0n) is 15.1. The highest BCUT2D eigenvalue weighted by molar-refractivity contribution is 7.89. The molecule has 0 fully saturated rings. The number of sulfonamides is 1. The Kier molecular flexibility index (Phi) is 6.70. The molecule has 26 heavy (non-hydrogen) atoms. The van der Waals surface area contributed by atoms with Crippen LogP contribution in [0.2, 0.25) is 0 Å². The number of ether oxygens (including phenoxy) is 1. The number of nitrogens with one attached hydrogen (secondary N) is 1. The molecule has 140 valence electrons. The molecule has 8 heteroatoms. The third-order valence-corrected chi connectivity index (χ3v) is 5.79. The summed E-state index contributed by atoms with van der Waals surface area (Å²) in [6.07, 6.45) is 1.52. The van der Waals surface area contributed by atoms with Crippen LogP contribution < -0.4 is 10.1 Å². The van der Waals surface area contributed by atoms with E-state index < -0.39 is 15.9 Å². The molecule has 0 spiro atoms. The van der Waals surface area contributed by atoms with Crippen LogP contribution in [0.3, 0.4) is 0 Å². The van der Waals surface area contributed by atoms with E-state index >= 15 is 0 Å². The Hall–Kier alpha value is -2.45. The SMILES string of the molecule is CCOc1ccc(NC(=O)c2ccccn2)cc1S(=O)(=O)N(CC)CC. The third kappa shape index (κ3) is 4.39. The van der Waals surface area contributed by atoms with E-state index in [1.165, 1.54) is 16.6 Å². The van der Waals surface area contributed by atoms with Crippen molar-refractivity contribution in [3.05, 3.63) is 48.3 Å². The Morgan fingerprint density at radius 2 is 1.88 bits per heavy atom. The maximum atomic E-state index is 12.9. The Morgan fingerprint density at radius 3 is 2.46 bits per heavy atom. The monoisotopic (exact) mass is 377 g/mol. The molecule has 1 amide bonds. The van der Waals surface area contributed by atoms with Crippen LogP contribution >= 0.6 is 0 Å². The molecule has 0 aliphatic heterocycles. The molecule has 0 atom stereocenters. The molecule has 0 saturated carbocycles. The van der Waals surface area contributed by atoms with Gasteiger partial charge in [0.1, 0.15) is 16.3 Å². The molecule has 0 bridgehead atoms. The maximum absolute atomic E-state index is 12.9. The lowest BCUT2D eigenvalue weighted by Crippen LogP contribution is -2.31. The van der Waals surface area contributed by atoms with Crippen molar-refractivity contribution in [2.24, 2.45) is 0 Å². The number of hydrogen-bond acceptors (Lipinski definition) is 5. The van der Waals surface area contributed by atoms with E-state index in [0.29, 0.717) is 25.4 Å². The minimum absolute atomic E-state index is 0.0295.